The van der Waals surface area contributed by atoms with Crippen molar-refractivity contribution in [3.8, 4) is 11.3 Å². The van der Waals surface area contributed by atoms with Crippen molar-refractivity contribution in [1.82, 2.24) is 4.98 Å². The SMILES string of the molecule is CCC(C)(C)C(=O)/C=C(\O)C(C)(C)CC.CCC(C)c1ccc2c(-c3[c-]c(C)cc(C)c3)nccc2c1C(C)C.[Ir]. The molecular weight excluding hydrogens is 683 g/mol. The van der Waals surface area contributed by atoms with Crippen LogP contribution in [-0.2, 0) is 24.9 Å². The average Bonchev–Trinajstić information content (AvgIpc) is 2.90. The molecule has 0 saturated carbocycles. The van der Waals surface area contributed by atoms with Crippen LogP contribution in [0, 0.1) is 30.7 Å². The van der Waals surface area contributed by atoms with Gasteiger partial charge < -0.3 is 10.1 Å². The molecule has 0 aliphatic carbocycles. The zero-order chi connectivity index (χ0) is 30.4. The Hall–Kier alpha value is -2.29. The van der Waals surface area contributed by atoms with Crippen LogP contribution in [-0.4, -0.2) is 15.9 Å². The number of carbonyl (C=O) groups is 1. The molecule has 227 valence electrons. The fraction of sp³-hybridized carbons (Fsp3) is 0.514. The van der Waals surface area contributed by atoms with E-state index in [9.17, 15) is 9.90 Å². The minimum Gasteiger partial charge on any atom is -0.512 e. The first kappa shape index (κ1) is 36.7. The van der Waals surface area contributed by atoms with E-state index < -0.39 is 0 Å². The van der Waals surface area contributed by atoms with E-state index in [2.05, 4.69) is 77.9 Å². The third-order valence-electron chi connectivity index (χ3n) is 8.54. The van der Waals surface area contributed by atoms with Crippen molar-refractivity contribution in [2.24, 2.45) is 10.8 Å². The van der Waals surface area contributed by atoms with Gasteiger partial charge in [-0.15, -0.1) is 34.9 Å². The first-order valence-electron chi connectivity index (χ1n) is 15.0. The number of carbonyl (C=O) groups excluding carboxylic acids is 1. The van der Waals surface area contributed by atoms with Gasteiger partial charge in [0.2, 0.25) is 0 Å². The predicted molar refractivity (Wildman–Crippen MR) is 172 cm³/mol. The van der Waals surface area contributed by atoms with E-state index in [1.54, 1.807) is 0 Å². The summed E-state index contributed by atoms with van der Waals surface area (Å²) in [5.41, 5.74) is 6.82. The summed E-state index contributed by atoms with van der Waals surface area (Å²) < 4.78 is 0. The number of aromatic nitrogens is 1. The van der Waals surface area contributed by atoms with E-state index >= 15 is 0 Å². The Balaban J connectivity index is 0.000000456. The topological polar surface area (TPSA) is 50.2 Å². The first-order valence-corrected chi connectivity index (χ1v) is 15.0. The van der Waals surface area contributed by atoms with E-state index in [4.69, 9.17) is 4.98 Å². The Morgan fingerprint density at radius 3 is 2.07 bits per heavy atom. The largest absolute Gasteiger partial charge is 0.512 e. The molecule has 3 nitrogen and oxygen atoms in total. The van der Waals surface area contributed by atoms with Crippen molar-refractivity contribution in [2.75, 3.05) is 0 Å². The third-order valence-corrected chi connectivity index (χ3v) is 8.54. The molecule has 0 amide bonds. The number of fused-ring (bicyclic) bond motifs is 1. The summed E-state index contributed by atoms with van der Waals surface area (Å²) in [5.74, 6) is 1.26. The molecule has 1 radical (unpaired) electrons. The van der Waals surface area contributed by atoms with Gasteiger partial charge in [0.05, 0.1) is 0 Å². The number of aliphatic hydroxyl groups excluding tert-OH is 1. The molecule has 0 fully saturated rings. The van der Waals surface area contributed by atoms with Crippen LogP contribution in [0.2, 0.25) is 0 Å². The van der Waals surface area contributed by atoms with E-state index in [0.29, 0.717) is 11.8 Å². The van der Waals surface area contributed by atoms with Gasteiger partial charge in [0.1, 0.15) is 5.76 Å². The third kappa shape index (κ3) is 9.10. The minimum atomic E-state index is -0.377. The number of nitrogens with zero attached hydrogens (tertiary/aromatic N) is 1. The Morgan fingerprint density at radius 2 is 1.56 bits per heavy atom. The molecule has 0 aliphatic rings. The van der Waals surface area contributed by atoms with Gasteiger partial charge in [-0.25, -0.2) is 0 Å². The van der Waals surface area contributed by atoms with Gasteiger partial charge in [0.25, 0.3) is 0 Å². The van der Waals surface area contributed by atoms with Crippen LogP contribution in [0.3, 0.4) is 0 Å². The molecule has 0 aliphatic heterocycles. The second-order valence-electron chi connectivity index (χ2n) is 12.9. The molecule has 4 heteroatoms. The normalized spacial score (nSPS) is 13.0. The Morgan fingerprint density at radius 1 is 0.951 bits per heavy atom. The molecule has 1 N–H and O–H groups in total. The molecule has 2 aromatic carbocycles. The zero-order valence-electron chi connectivity index (χ0n) is 27.5. The summed E-state index contributed by atoms with van der Waals surface area (Å²) >= 11 is 0. The van der Waals surface area contributed by atoms with Crippen LogP contribution in [0.25, 0.3) is 22.0 Å². The summed E-state index contributed by atoms with van der Waals surface area (Å²) in [5, 5.41) is 12.4. The minimum absolute atomic E-state index is 0. The molecule has 1 atom stereocenters. The summed E-state index contributed by atoms with van der Waals surface area (Å²) in [6, 6.07) is 14.6. The van der Waals surface area contributed by atoms with Crippen molar-refractivity contribution >= 4 is 16.6 Å². The molecule has 1 unspecified atom stereocenters. The molecule has 41 heavy (non-hydrogen) atoms. The van der Waals surface area contributed by atoms with Crippen molar-refractivity contribution in [3.05, 3.63) is 76.7 Å². The number of ketones is 1. The number of benzene rings is 2. The predicted octanol–water partition coefficient (Wildman–Crippen LogP) is 10.8. The van der Waals surface area contributed by atoms with Crippen LogP contribution >= 0.6 is 0 Å². The van der Waals surface area contributed by atoms with E-state index in [0.717, 1.165) is 36.1 Å². The molecule has 1 heterocycles. The van der Waals surface area contributed by atoms with Crippen LogP contribution < -0.4 is 0 Å². The second-order valence-corrected chi connectivity index (χ2v) is 12.9. The number of allylic oxidation sites excluding steroid dienone is 2. The van der Waals surface area contributed by atoms with Crippen molar-refractivity contribution in [1.29, 1.82) is 0 Å². The van der Waals surface area contributed by atoms with Crippen LogP contribution in [0.1, 0.15) is 123 Å². The maximum Gasteiger partial charge on any atom is 0.164 e. The Bertz CT molecular complexity index is 1330. The smallest absolute Gasteiger partial charge is 0.164 e. The fourth-order valence-corrected chi connectivity index (χ4v) is 4.70. The Labute approximate surface area is 263 Å². The number of rotatable bonds is 9. The molecule has 0 bridgehead atoms. The quantitative estimate of drug-likeness (QED) is 0.135. The zero-order valence-corrected chi connectivity index (χ0v) is 29.8. The van der Waals surface area contributed by atoms with Crippen molar-refractivity contribution in [3.63, 3.8) is 0 Å². The van der Waals surface area contributed by atoms with Crippen molar-refractivity contribution in [2.45, 2.75) is 114 Å². The van der Waals surface area contributed by atoms with Gasteiger partial charge >= 0.3 is 0 Å². The van der Waals surface area contributed by atoms with E-state index in [-0.39, 0.29) is 42.5 Å². The molecule has 3 rings (SSSR count). The average molecular weight is 735 g/mol. The standard InChI is InChI=1S/C24H28N.C13H24O2.Ir/c1-7-18(6)20-8-9-22-21(23(20)15(2)3)10-11-25-24(22)19-13-16(4)12-17(5)14-19;1-7-12(3,4)10(14)9-11(15)13(5,6)8-2;/h8-13,15,18H,7H2,1-6H3;9,14H,7-8H2,1-6H3;/q-1;;/b;10-9-;. The summed E-state index contributed by atoms with van der Waals surface area (Å²) in [6.45, 7) is 25.1. The fourth-order valence-electron chi connectivity index (χ4n) is 4.70. The second kappa shape index (κ2) is 15.3. The first-order chi connectivity index (χ1) is 18.6. The van der Waals surface area contributed by atoms with Gasteiger partial charge in [-0.2, -0.15) is 0 Å². The van der Waals surface area contributed by atoms with Crippen molar-refractivity contribution < 1.29 is 30.0 Å². The van der Waals surface area contributed by atoms with E-state index in [1.165, 1.54) is 33.5 Å². The summed E-state index contributed by atoms with van der Waals surface area (Å²) in [4.78, 5) is 16.6. The maximum atomic E-state index is 11.8. The van der Waals surface area contributed by atoms with E-state index in [1.807, 2.05) is 47.7 Å². The number of hydrogen-bond acceptors (Lipinski definition) is 3. The number of aryl methyl sites for hydroxylation is 2. The summed E-state index contributed by atoms with van der Waals surface area (Å²) in [6.07, 6.45) is 6.10. The number of pyridine rings is 1. The molecule has 0 spiro atoms. The van der Waals surface area contributed by atoms with Gasteiger partial charge in [-0.05, 0) is 64.8 Å². The molecular formula is C37H52IrNO2-. The van der Waals surface area contributed by atoms with Gasteiger partial charge in [0, 0.05) is 43.2 Å². The van der Waals surface area contributed by atoms with Crippen LogP contribution in [0.15, 0.2) is 48.4 Å². The van der Waals surface area contributed by atoms with Gasteiger partial charge in [-0.3, -0.25) is 4.79 Å². The van der Waals surface area contributed by atoms with Crippen LogP contribution in [0.4, 0.5) is 0 Å². The maximum absolute atomic E-state index is 11.8. The van der Waals surface area contributed by atoms with Gasteiger partial charge in [0.15, 0.2) is 5.78 Å². The molecule has 3 aromatic rings. The number of hydrogen-bond donors (Lipinski definition) is 1. The molecule has 1 aromatic heterocycles. The molecule has 0 saturated heterocycles. The van der Waals surface area contributed by atoms with Crippen LogP contribution in [0.5, 0.6) is 0 Å². The monoisotopic (exact) mass is 735 g/mol. The number of aliphatic hydroxyl groups is 1. The Kier molecular flexibility index (Phi) is 13.7. The summed E-state index contributed by atoms with van der Waals surface area (Å²) in [7, 11) is 0. The van der Waals surface area contributed by atoms with Gasteiger partial charge in [-0.1, -0.05) is 95.2 Å².